The van der Waals surface area contributed by atoms with E-state index in [-0.39, 0.29) is 16.7 Å². The van der Waals surface area contributed by atoms with Crippen molar-refractivity contribution < 1.29 is 9.13 Å². The first-order valence-electron chi connectivity index (χ1n) is 4.36. The number of nitrogen functional groups attached to an aromatic ring is 1. The van der Waals surface area contributed by atoms with Gasteiger partial charge in [0.1, 0.15) is 28.7 Å². The van der Waals surface area contributed by atoms with Crippen LogP contribution in [0, 0.1) is 5.82 Å². The highest BCUT2D eigenvalue weighted by Crippen LogP contribution is 2.29. The maximum Gasteiger partial charge on any atom is 0.243 e. The van der Waals surface area contributed by atoms with Crippen molar-refractivity contribution in [2.45, 2.75) is 0 Å². The first-order chi connectivity index (χ1) is 7.66. The number of nitrogens with zero attached hydrogens (tertiary/aromatic N) is 2. The highest BCUT2D eigenvalue weighted by Gasteiger charge is 2.08. The van der Waals surface area contributed by atoms with Gasteiger partial charge in [0.05, 0.1) is 0 Å². The predicted octanol–water partition coefficient (Wildman–Crippen LogP) is 2.64. The molecule has 0 fully saturated rings. The van der Waals surface area contributed by atoms with E-state index in [0.717, 1.165) is 0 Å². The van der Waals surface area contributed by atoms with E-state index < -0.39 is 5.82 Å². The van der Waals surface area contributed by atoms with Crippen LogP contribution in [0.2, 0.25) is 5.02 Å². The van der Waals surface area contributed by atoms with Crippen molar-refractivity contribution in [3.8, 4) is 11.6 Å². The van der Waals surface area contributed by atoms with Gasteiger partial charge >= 0.3 is 0 Å². The average molecular weight is 240 g/mol. The summed E-state index contributed by atoms with van der Waals surface area (Å²) in [6.45, 7) is 0. The van der Waals surface area contributed by atoms with Crippen molar-refractivity contribution in [2.24, 2.45) is 0 Å². The van der Waals surface area contributed by atoms with Gasteiger partial charge in [-0.25, -0.2) is 9.37 Å². The molecule has 1 aromatic heterocycles. The quantitative estimate of drug-likeness (QED) is 0.875. The van der Waals surface area contributed by atoms with Gasteiger partial charge in [0.2, 0.25) is 5.88 Å². The van der Waals surface area contributed by atoms with Crippen molar-refractivity contribution in [3.63, 3.8) is 0 Å². The fourth-order valence-corrected chi connectivity index (χ4v) is 1.22. The molecule has 1 heterocycles. The Hall–Kier alpha value is -1.88. The minimum Gasteiger partial charge on any atom is -0.437 e. The Morgan fingerprint density at radius 1 is 1.31 bits per heavy atom. The van der Waals surface area contributed by atoms with E-state index in [1.165, 1.54) is 24.5 Å². The van der Waals surface area contributed by atoms with E-state index in [1.54, 1.807) is 6.07 Å². The molecule has 0 amide bonds. The number of halogens is 2. The number of aromatic nitrogens is 2. The molecule has 2 N–H and O–H groups in total. The van der Waals surface area contributed by atoms with Gasteiger partial charge < -0.3 is 10.5 Å². The Kier molecular flexibility index (Phi) is 2.87. The average Bonchev–Trinajstić information content (AvgIpc) is 2.25. The molecule has 2 rings (SSSR count). The van der Waals surface area contributed by atoms with Crippen LogP contribution < -0.4 is 10.5 Å². The molecule has 0 aliphatic carbocycles. The minimum atomic E-state index is -0.407. The molecule has 16 heavy (non-hydrogen) atoms. The molecule has 0 spiro atoms. The van der Waals surface area contributed by atoms with Gasteiger partial charge in [-0.3, -0.25) is 0 Å². The normalized spacial score (nSPS) is 10.1. The Labute approximate surface area is 95.9 Å². The molecule has 0 bridgehead atoms. The van der Waals surface area contributed by atoms with Crippen LogP contribution in [0.3, 0.4) is 0 Å². The van der Waals surface area contributed by atoms with Crippen molar-refractivity contribution in [3.05, 3.63) is 41.4 Å². The number of ether oxygens (including phenoxy) is 1. The molecule has 1 aromatic carbocycles. The lowest BCUT2D eigenvalue weighted by atomic mass is 10.3. The van der Waals surface area contributed by atoms with Crippen LogP contribution in [0.1, 0.15) is 0 Å². The fourth-order valence-electron chi connectivity index (χ4n) is 1.08. The van der Waals surface area contributed by atoms with Gasteiger partial charge in [-0.05, 0) is 12.1 Å². The largest absolute Gasteiger partial charge is 0.437 e. The number of anilines is 1. The van der Waals surface area contributed by atoms with E-state index in [4.69, 9.17) is 22.1 Å². The number of rotatable bonds is 2. The first-order valence-corrected chi connectivity index (χ1v) is 4.74. The molecule has 0 saturated carbocycles. The Morgan fingerprint density at radius 3 is 2.88 bits per heavy atom. The van der Waals surface area contributed by atoms with E-state index >= 15 is 0 Å². The summed E-state index contributed by atoms with van der Waals surface area (Å²) in [5, 5.41) is 0.103. The zero-order valence-corrected chi connectivity index (χ0v) is 8.78. The summed E-state index contributed by atoms with van der Waals surface area (Å²) in [5.74, 6) is 0.0958. The van der Waals surface area contributed by atoms with Crippen LogP contribution in [-0.2, 0) is 0 Å². The van der Waals surface area contributed by atoms with Crippen LogP contribution in [-0.4, -0.2) is 9.97 Å². The summed E-state index contributed by atoms with van der Waals surface area (Å²) < 4.78 is 18.1. The second-order valence-corrected chi connectivity index (χ2v) is 3.32. The molecule has 0 aliphatic heterocycles. The lowest BCUT2D eigenvalue weighted by Gasteiger charge is -2.06. The third kappa shape index (κ3) is 2.20. The second kappa shape index (κ2) is 4.32. The minimum absolute atomic E-state index is 0.0970. The second-order valence-electron chi connectivity index (χ2n) is 2.94. The van der Waals surface area contributed by atoms with Crippen molar-refractivity contribution >= 4 is 17.4 Å². The zero-order valence-electron chi connectivity index (χ0n) is 8.02. The van der Waals surface area contributed by atoms with Crippen LogP contribution in [0.25, 0.3) is 0 Å². The third-order valence-corrected chi connectivity index (χ3v) is 2.15. The zero-order chi connectivity index (χ0) is 11.5. The SMILES string of the molecule is Nc1ncnc(Oc2cccc(F)c2)c1Cl. The van der Waals surface area contributed by atoms with Crippen LogP contribution in [0.15, 0.2) is 30.6 Å². The molecule has 4 nitrogen and oxygen atoms in total. The standard InChI is InChI=1S/C10H7ClFN3O/c11-8-9(13)14-5-15-10(8)16-7-3-1-2-6(12)4-7/h1-5H,(H2,13,14,15). The van der Waals surface area contributed by atoms with E-state index in [0.29, 0.717) is 5.75 Å². The molecule has 82 valence electrons. The summed E-state index contributed by atoms with van der Waals surface area (Å²) in [6.07, 6.45) is 1.22. The molecule has 0 radical (unpaired) electrons. The molecule has 0 saturated heterocycles. The maximum absolute atomic E-state index is 12.9. The van der Waals surface area contributed by atoms with Gasteiger partial charge in [-0.2, -0.15) is 4.98 Å². The highest BCUT2D eigenvalue weighted by molar-refractivity contribution is 6.34. The molecule has 0 unspecified atom stereocenters. The number of hydrogen-bond donors (Lipinski definition) is 1. The number of hydrogen-bond acceptors (Lipinski definition) is 4. The van der Waals surface area contributed by atoms with Gasteiger partial charge in [0.15, 0.2) is 0 Å². The smallest absolute Gasteiger partial charge is 0.243 e. The topological polar surface area (TPSA) is 61.0 Å². The molecule has 0 aliphatic rings. The lowest BCUT2D eigenvalue weighted by molar-refractivity contribution is 0.457. The molecule has 0 atom stereocenters. The molecule has 6 heteroatoms. The maximum atomic E-state index is 12.9. The van der Waals surface area contributed by atoms with Gasteiger partial charge in [0.25, 0.3) is 0 Å². The molecule has 2 aromatic rings. The van der Waals surface area contributed by atoms with Gasteiger partial charge in [-0.15, -0.1) is 0 Å². The summed E-state index contributed by atoms with van der Waals surface area (Å²) in [7, 11) is 0. The summed E-state index contributed by atoms with van der Waals surface area (Å²) in [5.41, 5.74) is 5.47. The van der Waals surface area contributed by atoms with Crippen molar-refractivity contribution in [1.29, 1.82) is 0 Å². The summed E-state index contributed by atoms with van der Waals surface area (Å²) >= 11 is 5.81. The third-order valence-electron chi connectivity index (χ3n) is 1.80. The number of benzene rings is 1. The Balaban J connectivity index is 2.31. The molecular formula is C10H7ClFN3O. The summed E-state index contributed by atoms with van der Waals surface area (Å²) in [6, 6.07) is 5.62. The van der Waals surface area contributed by atoms with E-state index in [2.05, 4.69) is 9.97 Å². The highest BCUT2D eigenvalue weighted by atomic mass is 35.5. The van der Waals surface area contributed by atoms with Gasteiger partial charge in [0, 0.05) is 6.07 Å². The Morgan fingerprint density at radius 2 is 2.12 bits per heavy atom. The predicted molar refractivity (Wildman–Crippen MR) is 57.9 cm³/mol. The number of nitrogens with two attached hydrogens (primary N) is 1. The van der Waals surface area contributed by atoms with Crippen molar-refractivity contribution in [1.82, 2.24) is 9.97 Å². The van der Waals surface area contributed by atoms with E-state index in [1.807, 2.05) is 0 Å². The monoisotopic (exact) mass is 239 g/mol. The van der Waals surface area contributed by atoms with Gasteiger partial charge in [-0.1, -0.05) is 17.7 Å². The first kappa shape index (κ1) is 10.6. The fraction of sp³-hybridized carbons (Fsp3) is 0. The summed E-state index contributed by atoms with van der Waals surface area (Å²) in [4.78, 5) is 7.48. The van der Waals surface area contributed by atoms with Crippen LogP contribution >= 0.6 is 11.6 Å². The lowest BCUT2D eigenvalue weighted by Crippen LogP contribution is -1.96. The van der Waals surface area contributed by atoms with Crippen LogP contribution in [0.5, 0.6) is 11.6 Å². The van der Waals surface area contributed by atoms with Crippen molar-refractivity contribution in [2.75, 3.05) is 5.73 Å². The van der Waals surface area contributed by atoms with E-state index in [9.17, 15) is 4.39 Å². The molecular weight excluding hydrogens is 233 g/mol. The van der Waals surface area contributed by atoms with Crippen LogP contribution in [0.4, 0.5) is 10.2 Å². The Bertz CT molecular complexity index is 521.